The van der Waals surface area contributed by atoms with Gasteiger partial charge in [0.25, 0.3) is 0 Å². The van der Waals surface area contributed by atoms with Crippen molar-refractivity contribution >= 4 is 0 Å². The number of aromatic hydroxyl groups is 1. The van der Waals surface area contributed by atoms with Gasteiger partial charge < -0.3 is 15.6 Å². The molecule has 0 amide bonds. The van der Waals surface area contributed by atoms with Crippen LogP contribution in [-0.4, -0.2) is 12.2 Å². The van der Waals surface area contributed by atoms with Gasteiger partial charge in [-0.3, -0.25) is 0 Å². The SMILES string of the molecule is COc1c(O)cc(F)c2c1C(N)CC2. The number of nitrogens with two attached hydrogens (primary N) is 1. The van der Waals surface area contributed by atoms with Gasteiger partial charge >= 0.3 is 0 Å². The first-order chi connectivity index (χ1) is 6.65. The molecule has 4 heteroatoms. The van der Waals surface area contributed by atoms with Gasteiger partial charge in [0.2, 0.25) is 0 Å². The molecule has 2 rings (SSSR count). The number of phenolic OH excluding ortho intramolecular Hbond substituents is 1. The Morgan fingerprint density at radius 2 is 2.36 bits per heavy atom. The fourth-order valence-electron chi connectivity index (χ4n) is 1.98. The van der Waals surface area contributed by atoms with Crippen molar-refractivity contribution in [3.8, 4) is 11.5 Å². The molecule has 0 radical (unpaired) electrons. The van der Waals surface area contributed by atoms with Crippen molar-refractivity contribution in [1.29, 1.82) is 0 Å². The molecule has 0 aromatic heterocycles. The Kier molecular flexibility index (Phi) is 2.07. The lowest BCUT2D eigenvalue weighted by atomic mass is 10.1. The highest BCUT2D eigenvalue weighted by Crippen LogP contribution is 2.43. The van der Waals surface area contributed by atoms with Gasteiger partial charge in [-0.2, -0.15) is 0 Å². The van der Waals surface area contributed by atoms with Crippen LogP contribution < -0.4 is 10.5 Å². The lowest BCUT2D eigenvalue weighted by molar-refractivity contribution is 0.364. The van der Waals surface area contributed by atoms with Crippen molar-refractivity contribution in [2.24, 2.45) is 5.73 Å². The number of phenols is 1. The molecule has 0 aliphatic heterocycles. The van der Waals surface area contributed by atoms with Crippen LogP contribution in [0.25, 0.3) is 0 Å². The molecular weight excluding hydrogens is 185 g/mol. The molecule has 1 aliphatic carbocycles. The first kappa shape index (κ1) is 9.27. The van der Waals surface area contributed by atoms with Crippen molar-refractivity contribution in [2.45, 2.75) is 18.9 Å². The van der Waals surface area contributed by atoms with E-state index in [1.807, 2.05) is 0 Å². The van der Waals surface area contributed by atoms with E-state index in [2.05, 4.69) is 0 Å². The number of methoxy groups -OCH3 is 1. The van der Waals surface area contributed by atoms with Crippen LogP contribution >= 0.6 is 0 Å². The van der Waals surface area contributed by atoms with Crippen LogP contribution in [0.5, 0.6) is 11.5 Å². The summed E-state index contributed by atoms with van der Waals surface area (Å²) in [6.07, 6.45) is 1.31. The first-order valence-corrected chi connectivity index (χ1v) is 4.49. The number of hydrogen-bond donors (Lipinski definition) is 2. The molecule has 0 saturated carbocycles. The predicted molar refractivity (Wildman–Crippen MR) is 49.9 cm³/mol. The number of benzene rings is 1. The summed E-state index contributed by atoms with van der Waals surface area (Å²) in [5.41, 5.74) is 6.99. The lowest BCUT2D eigenvalue weighted by Crippen LogP contribution is -2.07. The van der Waals surface area contributed by atoms with E-state index in [4.69, 9.17) is 10.5 Å². The van der Waals surface area contributed by atoms with E-state index in [0.29, 0.717) is 29.7 Å². The Morgan fingerprint density at radius 1 is 1.64 bits per heavy atom. The Balaban J connectivity index is 2.68. The maximum absolute atomic E-state index is 13.4. The van der Waals surface area contributed by atoms with Crippen molar-refractivity contribution < 1.29 is 14.2 Å². The van der Waals surface area contributed by atoms with E-state index in [0.717, 1.165) is 6.07 Å². The van der Waals surface area contributed by atoms with E-state index in [1.165, 1.54) is 7.11 Å². The Labute approximate surface area is 81.3 Å². The summed E-state index contributed by atoms with van der Waals surface area (Å²) in [6.45, 7) is 0. The van der Waals surface area contributed by atoms with Gasteiger partial charge in [-0.15, -0.1) is 0 Å². The lowest BCUT2D eigenvalue weighted by Gasteiger charge is -2.13. The Morgan fingerprint density at radius 3 is 3.00 bits per heavy atom. The maximum atomic E-state index is 13.4. The zero-order valence-electron chi connectivity index (χ0n) is 7.88. The summed E-state index contributed by atoms with van der Waals surface area (Å²) in [4.78, 5) is 0. The summed E-state index contributed by atoms with van der Waals surface area (Å²) >= 11 is 0. The van der Waals surface area contributed by atoms with E-state index >= 15 is 0 Å². The standard InChI is InChI=1S/C10H12FNO2/c1-14-10-8(13)4-6(11)5-2-3-7(12)9(5)10/h4,7,13H,2-3,12H2,1H3. The predicted octanol–water partition coefficient (Wildman–Crippen LogP) is 1.49. The minimum atomic E-state index is -0.397. The van der Waals surface area contributed by atoms with Crippen LogP contribution in [0.2, 0.25) is 0 Å². The van der Waals surface area contributed by atoms with Gasteiger partial charge in [-0.05, 0) is 18.4 Å². The maximum Gasteiger partial charge on any atom is 0.165 e. The molecule has 1 aliphatic rings. The Bertz CT molecular complexity index is 379. The van der Waals surface area contributed by atoms with Crippen LogP contribution in [0.3, 0.4) is 0 Å². The largest absolute Gasteiger partial charge is 0.504 e. The Hall–Kier alpha value is -1.29. The second-order valence-corrected chi connectivity index (χ2v) is 3.45. The van der Waals surface area contributed by atoms with Crippen molar-refractivity contribution in [3.63, 3.8) is 0 Å². The molecule has 76 valence electrons. The van der Waals surface area contributed by atoms with Crippen LogP contribution in [0.15, 0.2) is 6.07 Å². The van der Waals surface area contributed by atoms with Gasteiger partial charge in [0.1, 0.15) is 5.82 Å². The summed E-state index contributed by atoms with van der Waals surface area (Å²) in [6, 6.07) is 0.844. The quantitative estimate of drug-likeness (QED) is 0.717. The summed E-state index contributed by atoms with van der Waals surface area (Å²) in [5, 5.41) is 9.45. The van der Waals surface area contributed by atoms with Crippen molar-refractivity contribution in [2.75, 3.05) is 7.11 Å². The average molecular weight is 197 g/mol. The number of fused-ring (bicyclic) bond motifs is 1. The molecule has 1 atom stereocenters. The monoisotopic (exact) mass is 197 g/mol. The highest BCUT2D eigenvalue weighted by Gasteiger charge is 2.28. The second kappa shape index (κ2) is 3.13. The number of rotatable bonds is 1. The molecule has 0 heterocycles. The fraction of sp³-hybridized carbons (Fsp3) is 0.400. The van der Waals surface area contributed by atoms with Crippen LogP contribution in [0, 0.1) is 5.82 Å². The van der Waals surface area contributed by atoms with Crippen LogP contribution in [0.1, 0.15) is 23.6 Å². The molecule has 3 nitrogen and oxygen atoms in total. The van der Waals surface area contributed by atoms with E-state index in [9.17, 15) is 9.50 Å². The number of ether oxygens (including phenoxy) is 1. The summed E-state index contributed by atoms with van der Waals surface area (Å²) in [5.74, 6) is -0.265. The molecular formula is C10H12FNO2. The minimum absolute atomic E-state index is 0.180. The zero-order chi connectivity index (χ0) is 10.3. The molecule has 0 bridgehead atoms. The topological polar surface area (TPSA) is 55.5 Å². The smallest absolute Gasteiger partial charge is 0.165 e. The molecule has 3 N–H and O–H groups in total. The molecule has 1 unspecified atom stereocenters. The third-order valence-corrected chi connectivity index (χ3v) is 2.63. The molecule has 14 heavy (non-hydrogen) atoms. The third kappa shape index (κ3) is 1.14. The number of hydrogen-bond acceptors (Lipinski definition) is 3. The van der Waals surface area contributed by atoms with Crippen molar-refractivity contribution in [1.82, 2.24) is 0 Å². The van der Waals surface area contributed by atoms with Crippen molar-refractivity contribution in [3.05, 3.63) is 23.0 Å². The van der Waals surface area contributed by atoms with Crippen LogP contribution in [-0.2, 0) is 6.42 Å². The highest BCUT2D eigenvalue weighted by atomic mass is 19.1. The van der Waals surface area contributed by atoms with Gasteiger partial charge in [0, 0.05) is 17.7 Å². The average Bonchev–Trinajstić information content (AvgIpc) is 2.50. The molecule has 1 aromatic carbocycles. The summed E-state index contributed by atoms with van der Waals surface area (Å²) < 4.78 is 18.4. The van der Waals surface area contributed by atoms with Gasteiger partial charge in [-0.1, -0.05) is 0 Å². The fourth-order valence-corrected chi connectivity index (χ4v) is 1.98. The highest BCUT2D eigenvalue weighted by molar-refractivity contribution is 5.54. The zero-order valence-corrected chi connectivity index (χ0v) is 7.88. The van der Waals surface area contributed by atoms with E-state index in [-0.39, 0.29) is 11.8 Å². The normalized spacial score (nSPS) is 19.5. The van der Waals surface area contributed by atoms with E-state index in [1.54, 1.807) is 0 Å². The molecule has 1 aromatic rings. The number of halogens is 1. The van der Waals surface area contributed by atoms with Gasteiger partial charge in [-0.25, -0.2) is 4.39 Å². The van der Waals surface area contributed by atoms with Gasteiger partial charge in [0.05, 0.1) is 7.11 Å². The third-order valence-electron chi connectivity index (χ3n) is 2.63. The molecule has 0 fully saturated rings. The second-order valence-electron chi connectivity index (χ2n) is 3.45. The van der Waals surface area contributed by atoms with E-state index < -0.39 is 5.82 Å². The molecule has 0 spiro atoms. The summed E-state index contributed by atoms with van der Waals surface area (Å²) in [7, 11) is 1.44. The van der Waals surface area contributed by atoms with Crippen LogP contribution in [0.4, 0.5) is 4.39 Å². The first-order valence-electron chi connectivity index (χ1n) is 4.49. The minimum Gasteiger partial charge on any atom is -0.504 e. The van der Waals surface area contributed by atoms with Gasteiger partial charge in [0.15, 0.2) is 11.5 Å². The molecule has 0 saturated heterocycles.